The largest absolute Gasteiger partial charge is 0.392 e. The maximum absolute atomic E-state index is 9.27. The van der Waals surface area contributed by atoms with Crippen LogP contribution in [0.4, 0.5) is 0 Å². The number of hydrogen-bond acceptors (Lipinski definition) is 1. The lowest BCUT2D eigenvalue weighted by Gasteiger charge is -2.06. The Morgan fingerprint density at radius 1 is 0.765 bits per heavy atom. The second-order valence-corrected chi connectivity index (χ2v) is 5.44. The van der Waals surface area contributed by atoms with Crippen LogP contribution in [-0.4, -0.2) is 17.1 Å². The van der Waals surface area contributed by atoms with E-state index < -0.39 is 0 Å². The summed E-state index contributed by atoms with van der Waals surface area (Å²) in [5.41, 5.74) is 0. The van der Waals surface area contributed by atoms with Crippen LogP contribution in [0.5, 0.6) is 0 Å². The van der Waals surface area contributed by atoms with E-state index in [4.69, 9.17) is 11.6 Å². The highest BCUT2D eigenvalue weighted by Gasteiger charge is 2.00. The fourth-order valence-corrected chi connectivity index (χ4v) is 2.28. The third-order valence-electron chi connectivity index (χ3n) is 3.32. The summed E-state index contributed by atoms with van der Waals surface area (Å²) in [6, 6.07) is 0. The third-order valence-corrected chi connectivity index (χ3v) is 3.68. The highest BCUT2D eigenvalue weighted by Crippen LogP contribution is 2.12. The van der Waals surface area contributed by atoms with Gasteiger partial charge in [-0.1, -0.05) is 77.6 Å². The molecule has 0 saturated heterocycles. The molecular formula is C15H31ClO. The zero-order valence-electron chi connectivity index (χ0n) is 11.6. The minimum Gasteiger partial charge on any atom is -0.392 e. The molecule has 104 valence electrons. The lowest BCUT2D eigenvalue weighted by molar-refractivity contribution is 0.183. The van der Waals surface area contributed by atoms with Crippen molar-refractivity contribution >= 4 is 11.6 Å². The van der Waals surface area contributed by atoms with Crippen molar-refractivity contribution < 1.29 is 5.11 Å². The number of alkyl halides is 1. The van der Waals surface area contributed by atoms with E-state index >= 15 is 0 Å². The van der Waals surface area contributed by atoms with Gasteiger partial charge in [0.05, 0.1) is 6.10 Å². The van der Waals surface area contributed by atoms with Crippen LogP contribution < -0.4 is 0 Å². The predicted octanol–water partition coefficient (Wildman–Crippen LogP) is 5.29. The summed E-state index contributed by atoms with van der Waals surface area (Å²) in [6.07, 6.45) is 15.5. The molecule has 0 bridgehead atoms. The van der Waals surface area contributed by atoms with E-state index in [-0.39, 0.29) is 6.10 Å². The van der Waals surface area contributed by atoms with Crippen LogP contribution in [0.25, 0.3) is 0 Å². The molecular weight excluding hydrogens is 232 g/mol. The Kier molecular flexibility index (Phi) is 14.5. The topological polar surface area (TPSA) is 20.2 Å². The Bertz CT molecular complexity index is 139. The molecule has 2 heteroatoms. The Hall–Kier alpha value is 0.250. The van der Waals surface area contributed by atoms with Crippen LogP contribution in [0.3, 0.4) is 0 Å². The molecule has 0 aromatic carbocycles. The number of hydrogen-bond donors (Lipinski definition) is 1. The van der Waals surface area contributed by atoms with Gasteiger partial charge >= 0.3 is 0 Å². The number of unbranched alkanes of at least 4 members (excludes halogenated alkanes) is 10. The zero-order valence-corrected chi connectivity index (χ0v) is 12.4. The van der Waals surface area contributed by atoms with Gasteiger partial charge in [-0.25, -0.2) is 0 Å². The number of rotatable bonds is 13. The number of halogens is 1. The SMILES string of the molecule is CCCCCCCCCCCCC[C@@H](O)CCl. The van der Waals surface area contributed by atoms with Crippen LogP contribution >= 0.6 is 11.6 Å². The van der Waals surface area contributed by atoms with Crippen molar-refractivity contribution in [3.63, 3.8) is 0 Å². The maximum atomic E-state index is 9.27. The first-order valence-electron chi connectivity index (χ1n) is 7.55. The van der Waals surface area contributed by atoms with Gasteiger partial charge in [0.25, 0.3) is 0 Å². The van der Waals surface area contributed by atoms with E-state index in [1.165, 1.54) is 64.2 Å². The van der Waals surface area contributed by atoms with Gasteiger partial charge in [0.15, 0.2) is 0 Å². The zero-order chi connectivity index (χ0) is 12.8. The quantitative estimate of drug-likeness (QED) is 0.353. The van der Waals surface area contributed by atoms with Gasteiger partial charge in [-0.05, 0) is 6.42 Å². The van der Waals surface area contributed by atoms with Crippen LogP contribution in [0.15, 0.2) is 0 Å². The summed E-state index contributed by atoms with van der Waals surface area (Å²) in [5, 5.41) is 9.27. The molecule has 0 radical (unpaired) electrons. The average molecular weight is 263 g/mol. The highest BCUT2D eigenvalue weighted by molar-refractivity contribution is 6.18. The van der Waals surface area contributed by atoms with Gasteiger partial charge in [-0.15, -0.1) is 11.6 Å². The molecule has 1 nitrogen and oxygen atoms in total. The molecule has 0 spiro atoms. The van der Waals surface area contributed by atoms with E-state index in [9.17, 15) is 5.11 Å². The van der Waals surface area contributed by atoms with E-state index in [0.717, 1.165) is 12.8 Å². The highest BCUT2D eigenvalue weighted by atomic mass is 35.5. The average Bonchev–Trinajstić information content (AvgIpc) is 2.35. The molecule has 0 aliphatic rings. The van der Waals surface area contributed by atoms with E-state index in [0.29, 0.717) is 5.88 Å². The molecule has 0 aromatic heterocycles. The molecule has 0 amide bonds. The predicted molar refractivity (Wildman–Crippen MR) is 77.8 cm³/mol. The Labute approximate surface area is 113 Å². The van der Waals surface area contributed by atoms with Crippen molar-refractivity contribution in [1.29, 1.82) is 0 Å². The van der Waals surface area contributed by atoms with Gasteiger partial charge in [-0.3, -0.25) is 0 Å². The Morgan fingerprint density at radius 2 is 1.18 bits per heavy atom. The standard InChI is InChI=1S/C15H31ClO/c1-2-3-4-5-6-7-8-9-10-11-12-13-15(17)14-16/h15,17H,2-14H2,1H3/t15-/m1/s1. The Balaban J connectivity index is 2.94. The Morgan fingerprint density at radius 3 is 1.59 bits per heavy atom. The fourth-order valence-electron chi connectivity index (χ4n) is 2.12. The van der Waals surface area contributed by atoms with Gasteiger partial charge in [0, 0.05) is 5.88 Å². The summed E-state index contributed by atoms with van der Waals surface area (Å²) in [7, 11) is 0. The van der Waals surface area contributed by atoms with Gasteiger partial charge in [0.2, 0.25) is 0 Å². The minimum absolute atomic E-state index is 0.282. The summed E-state index contributed by atoms with van der Waals surface area (Å²) in [6.45, 7) is 2.27. The smallest absolute Gasteiger partial charge is 0.0675 e. The molecule has 0 saturated carbocycles. The lowest BCUT2D eigenvalue weighted by Crippen LogP contribution is -2.07. The lowest BCUT2D eigenvalue weighted by atomic mass is 10.0. The molecule has 0 unspecified atom stereocenters. The molecule has 1 N–H and O–H groups in total. The summed E-state index contributed by atoms with van der Waals surface area (Å²) in [5.74, 6) is 0.387. The van der Waals surface area contributed by atoms with Gasteiger partial charge in [0.1, 0.15) is 0 Å². The first kappa shape index (κ1) is 17.2. The molecule has 0 fully saturated rings. The first-order chi connectivity index (χ1) is 8.31. The number of aliphatic hydroxyl groups excluding tert-OH is 1. The van der Waals surface area contributed by atoms with Crippen LogP contribution in [0, 0.1) is 0 Å². The second kappa shape index (κ2) is 14.3. The maximum Gasteiger partial charge on any atom is 0.0675 e. The van der Waals surface area contributed by atoms with Crippen molar-refractivity contribution in [2.45, 2.75) is 90.1 Å². The van der Waals surface area contributed by atoms with Crippen LogP contribution in [0.1, 0.15) is 84.0 Å². The molecule has 1 atom stereocenters. The third kappa shape index (κ3) is 14.2. The van der Waals surface area contributed by atoms with E-state index in [1.54, 1.807) is 0 Å². The van der Waals surface area contributed by atoms with E-state index in [1.807, 2.05) is 0 Å². The van der Waals surface area contributed by atoms with Crippen molar-refractivity contribution in [1.82, 2.24) is 0 Å². The molecule has 0 aromatic rings. The molecule has 0 rings (SSSR count). The first-order valence-corrected chi connectivity index (χ1v) is 8.08. The molecule has 17 heavy (non-hydrogen) atoms. The van der Waals surface area contributed by atoms with Crippen LogP contribution in [0.2, 0.25) is 0 Å². The van der Waals surface area contributed by atoms with Crippen LogP contribution in [-0.2, 0) is 0 Å². The van der Waals surface area contributed by atoms with Gasteiger partial charge in [-0.2, -0.15) is 0 Å². The summed E-state index contributed by atoms with van der Waals surface area (Å²) >= 11 is 5.54. The molecule has 0 aliphatic heterocycles. The van der Waals surface area contributed by atoms with Crippen molar-refractivity contribution in [3.8, 4) is 0 Å². The monoisotopic (exact) mass is 262 g/mol. The normalized spacial score (nSPS) is 12.9. The van der Waals surface area contributed by atoms with Crippen molar-refractivity contribution in [2.24, 2.45) is 0 Å². The van der Waals surface area contributed by atoms with Crippen molar-refractivity contribution in [2.75, 3.05) is 5.88 Å². The minimum atomic E-state index is -0.282. The number of aliphatic hydroxyl groups is 1. The summed E-state index contributed by atoms with van der Waals surface area (Å²) in [4.78, 5) is 0. The molecule has 0 heterocycles. The summed E-state index contributed by atoms with van der Waals surface area (Å²) < 4.78 is 0. The molecule has 0 aliphatic carbocycles. The van der Waals surface area contributed by atoms with E-state index in [2.05, 4.69) is 6.92 Å². The second-order valence-electron chi connectivity index (χ2n) is 5.13. The fraction of sp³-hybridized carbons (Fsp3) is 1.00. The van der Waals surface area contributed by atoms with Gasteiger partial charge < -0.3 is 5.11 Å². The van der Waals surface area contributed by atoms with Crippen molar-refractivity contribution in [3.05, 3.63) is 0 Å².